The van der Waals surface area contributed by atoms with Crippen LogP contribution in [0.2, 0.25) is 0 Å². The molecule has 0 heterocycles. The number of rotatable bonds is 4. The molecule has 0 aromatic heterocycles. The third-order valence-electron chi connectivity index (χ3n) is 4.03. The number of fused-ring (bicyclic) bond motifs is 1. The largest absolute Gasteiger partial charge is 0.328 e. The standard InChI is InChI=1S/C15H22FN/c1-11(2)15(16,10-17)9-12-6-7-13-4-3-5-14(13)8-12/h6-8,11H,3-5,9-10,17H2,1-2H3. The normalized spacial score (nSPS) is 18.2. The minimum Gasteiger partial charge on any atom is -0.328 e. The van der Waals surface area contributed by atoms with Gasteiger partial charge in [0.05, 0.1) is 0 Å². The Bertz CT molecular complexity index is 400. The lowest BCUT2D eigenvalue weighted by atomic mass is 9.85. The van der Waals surface area contributed by atoms with Crippen LogP contribution in [0.3, 0.4) is 0 Å². The molecule has 1 aromatic carbocycles. The van der Waals surface area contributed by atoms with E-state index in [-0.39, 0.29) is 12.5 Å². The Morgan fingerprint density at radius 3 is 2.65 bits per heavy atom. The Kier molecular flexibility index (Phi) is 3.53. The third-order valence-corrected chi connectivity index (χ3v) is 4.03. The van der Waals surface area contributed by atoms with Gasteiger partial charge in [-0.15, -0.1) is 0 Å². The minimum absolute atomic E-state index is 0.0410. The molecular weight excluding hydrogens is 213 g/mol. The molecule has 0 saturated heterocycles. The molecule has 0 aliphatic heterocycles. The van der Waals surface area contributed by atoms with Gasteiger partial charge in [-0.1, -0.05) is 32.0 Å². The molecule has 94 valence electrons. The number of nitrogens with two attached hydrogens (primary N) is 1. The van der Waals surface area contributed by atoms with E-state index in [2.05, 4.69) is 18.2 Å². The van der Waals surface area contributed by atoms with Gasteiger partial charge in [0, 0.05) is 13.0 Å². The van der Waals surface area contributed by atoms with E-state index in [0.29, 0.717) is 6.42 Å². The van der Waals surface area contributed by atoms with Gasteiger partial charge in [-0.05, 0) is 41.9 Å². The Balaban J connectivity index is 2.18. The number of aryl methyl sites for hydroxylation is 2. The van der Waals surface area contributed by atoms with Crippen LogP contribution in [0, 0.1) is 5.92 Å². The first-order valence-electron chi connectivity index (χ1n) is 6.55. The molecule has 1 aliphatic carbocycles. The van der Waals surface area contributed by atoms with E-state index in [1.807, 2.05) is 13.8 Å². The first-order chi connectivity index (χ1) is 8.05. The van der Waals surface area contributed by atoms with Crippen molar-refractivity contribution in [1.82, 2.24) is 0 Å². The summed E-state index contributed by atoms with van der Waals surface area (Å²) in [5.41, 5.74) is 8.26. The van der Waals surface area contributed by atoms with Crippen molar-refractivity contribution in [2.24, 2.45) is 11.7 Å². The Hall–Kier alpha value is -0.890. The van der Waals surface area contributed by atoms with Crippen molar-refractivity contribution in [3.63, 3.8) is 0 Å². The fraction of sp³-hybridized carbons (Fsp3) is 0.600. The zero-order valence-corrected chi connectivity index (χ0v) is 10.8. The summed E-state index contributed by atoms with van der Waals surface area (Å²) in [5, 5.41) is 0. The lowest BCUT2D eigenvalue weighted by Gasteiger charge is -2.28. The van der Waals surface area contributed by atoms with Gasteiger partial charge in [0.2, 0.25) is 0 Å². The quantitative estimate of drug-likeness (QED) is 0.853. The van der Waals surface area contributed by atoms with Crippen LogP contribution in [0.15, 0.2) is 18.2 Å². The highest BCUT2D eigenvalue weighted by molar-refractivity contribution is 5.36. The highest BCUT2D eigenvalue weighted by Crippen LogP contribution is 2.29. The van der Waals surface area contributed by atoms with Crippen LogP contribution in [0.25, 0.3) is 0 Å². The zero-order valence-electron chi connectivity index (χ0n) is 10.8. The number of alkyl halides is 1. The molecular formula is C15H22FN. The van der Waals surface area contributed by atoms with Gasteiger partial charge in [0.1, 0.15) is 5.67 Å². The van der Waals surface area contributed by atoms with Crippen molar-refractivity contribution in [2.45, 2.75) is 45.2 Å². The predicted octanol–water partition coefficient (Wildman–Crippen LogP) is 3.04. The molecule has 0 amide bonds. The highest BCUT2D eigenvalue weighted by atomic mass is 19.1. The lowest BCUT2D eigenvalue weighted by molar-refractivity contribution is 0.110. The van der Waals surface area contributed by atoms with E-state index in [0.717, 1.165) is 12.0 Å². The Morgan fingerprint density at radius 2 is 2.00 bits per heavy atom. The topological polar surface area (TPSA) is 26.0 Å². The molecule has 1 aliphatic rings. The Labute approximate surface area is 103 Å². The summed E-state index contributed by atoms with van der Waals surface area (Å²) in [6.45, 7) is 3.90. The van der Waals surface area contributed by atoms with Crippen LogP contribution < -0.4 is 5.73 Å². The second-order valence-corrected chi connectivity index (χ2v) is 5.53. The first kappa shape index (κ1) is 12.6. The molecule has 17 heavy (non-hydrogen) atoms. The molecule has 1 aromatic rings. The van der Waals surface area contributed by atoms with Crippen LogP contribution >= 0.6 is 0 Å². The lowest BCUT2D eigenvalue weighted by Crippen LogP contribution is -2.40. The van der Waals surface area contributed by atoms with Crippen molar-refractivity contribution < 1.29 is 4.39 Å². The van der Waals surface area contributed by atoms with Gasteiger partial charge in [-0.2, -0.15) is 0 Å². The summed E-state index contributed by atoms with van der Waals surface area (Å²) in [4.78, 5) is 0. The van der Waals surface area contributed by atoms with E-state index in [4.69, 9.17) is 5.73 Å². The van der Waals surface area contributed by atoms with Gasteiger partial charge in [0.15, 0.2) is 0 Å². The van der Waals surface area contributed by atoms with Crippen LogP contribution in [-0.2, 0) is 19.3 Å². The van der Waals surface area contributed by atoms with E-state index >= 15 is 0 Å². The summed E-state index contributed by atoms with van der Waals surface area (Å²) in [5.74, 6) is -0.0410. The second-order valence-electron chi connectivity index (χ2n) is 5.53. The monoisotopic (exact) mass is 235 g/mol. The van der Waals surface area contributed by atoms with Gasteiger partial charge in [0.25, 0.3) is 0 Å². The van der Waals surface area contributed by atoms with Gasteiger partial charge < -0.3 is 5.73 Å². The number of halogens is 1. The number of hydrogen-bond acceptors (Lipinski definition) is 1. The molecule has 0 radical (unpaired) electrons. The highest BCUT2D eigenvalue weighted by Gasteiger charge is 2.32. The fourth-order valence-corrected chi connectivity index (χ4v) is 2.59. The fourth-order valence-electron chi connectivity index (χ4n) is 2.59. The van der Waals surface area contributed by atoms with E-state index in [1.54, 1.807) is 0 Å². The van der Waals surface area contributed by atoms with E-state index in [1.165, 1.54) is 24.0 Å². The Morgan fingerprint density at radius 1 is 1.29 bits per heavy atom. The predicted molar refractivity (Wildman–Crippen MR) is 69.9 cm³/mol. The maximum absolute atomic E-state index is 14.6. The van der Waals surface area contributed by atoms with Crippen LogP contribution in [0.1, 0.15) is 37.0 Å². The van der Waals surface area contributed by atoms with Crippen LogP contribution in [0.4, 0.5) is 4.39 Å². The average molecular weight is 235 g/mol. The number of benzene rings is 1. The van der Waals surface area contributed by atoms with Crippen molar-refractivity contribution in [1.29, 1.82) is 0 Å². The van der Waals surface area contributed by atoms with Gasteiger partial charge >= 0.3 is 0 Å². The maximum atomic E-state index is 14.6. The molecule has 0 saturated carbocycles. The molecule has 2 heteroatoms. The molecule has 0 bridgehead atoms. The molecule has 1 atom stereocenters. The smallest absolute Gasteiger partial charge is 0.129 e. The van der Waals surface area contributed by atoms with E-state index < -0.39 is 5.67 Å². The summed E-state index contributed by atoms with van der Waals surface area (Å²) in [6, 6.07) is 6.40. The molecule has 2 N–H and O–H groups in total. The number of hydrogen-bond donors (Lipinski definition) is 1. The average Bonchev–Trinajstić information content (AvgIpc) is 2.75. The van der Waals surface area contributed by atoms with Crippen molar-refractivity contribution in [3.05, 3.63) is 34.9 Å². The SMILES string of the molecule is CC(C)C(F)(CN)Cc1ccc2c(c1)CCC2. The van der Waals surface area contributed by atoms with Crippen molar-refractivity contribution in [2.75, 3.05) is 6.54 Å². The van der Waals surface area contributed by atoms with Gasteiger partial charge in [-0.3, -0.25) is 0 Å². The van der Waals surface area contributed by atoms with Crippen LogP contribution in [-0.4, -0.2) is 12.2 Å². The molecule has 1 nitrogen and oxygen atoms in total. The minimum atomic E-state index is -1.27. The van der Waals surface area contributed by atoms with Crippen molar-refractivity contribution in [3.8, 4) is 0 Å². The summed E-state index contributed by atoms with van der Waals surface area (Å²) in [6.07, 6.45) is 4.00. The molecule has 0 fully saturated rings. The van der Waals surface area contributed by atoms with Gasteiger partial charge in [-0.25, -0.2) is 4.39 Å². The summed E-state index contributed by atoms with van der Waals surface area (Å²) in [7, 11) is 0. The summed E-state index contributed by atoms with van der Waals surface area (Å²) < 4.78 is 14.6. The first-order valence-corrected chi connectivity index (χ1v) is 6.55. The molecule has 0 spiro atoms. The molecule has 1 unspecified atom stereocenters. The van der Waals surface area contributed by atoms with Crippen molar-refractivity contribution >= 4 is 0 Å². The summed E-state index contributed by atoms with van der Waals surface area (Å²) >= 11 is 0. The molecule has 2 rings (SSSR count). The zero-order chi connectivity index (χ0) is 12.5. The second kappa shape index (κ2) is 4.77. The maximum Gasteiger partial charge on any atom is 0.129 e. The van der Waals surface area contributed by atoms with Crippen LogP contribution in [0.5, 0.6) is 0 Å². The third kappa shape index (κ3) is 2.52. The van der Waals surface area contributed by atoms with E-state index in [9.17, 15) is 4.39 Å².